The molecule has 1 aliphatic heterocycles. The lowest BCUT2D eigenvalue weighted by molar-refractivity contribution is 0.00490. The van der Waals surface area contributed by atoms with Crippen LogP contribution in [0, 0.1) is 11.3 Å². The molecule has 2 unspecified atom stereocenters. The van der Waals surface area contributed by atoms with Gasteiger partial charge in [0.25, 0.3) is 5.91 Å². The molecule has 0 spiro atoms. The van der Waals surface area contributed by atoms with Crippen molar-refractivity contribution in [2.45, 2.75) is 33.9 Å². The van der Waals surface area contributed by atoms with Crippen molar-refractivity contribution < 1.29 is 14.1 Å². The van der Waals surface area contributed by atoms with E-state index in [9.17, 15) is 4.79 Å². The molecule has 1 aromatic heterocycles. The summed E-state index contributed by atoms with van der Waals surface area (Å²) in [6.07, 6.45) is -0.101. The maximum absolute atomic E-state index is 12.3. The van der Waals surface area contributed by atoms with Crippen molar-refractivity contribution >= 4 is 41.8 Å². The van der Waals surface area contributed by atoms with Gasteiger partial charge in [0.2, 0.25) is 9.04 Å². The molecule has 0 saturated carbocycles. The normalized spacial score (nSPS) is 18.3. The molecule has 1 aliphatic rings. The van der Waals surface area contributed by atoms with Gasteiger partial charge in [0.15, 0.2) is 5.13 Å². The fourth-order valence-corrected chi connectivity index (χ4v) is 7.28. The fourth-order valence-electron chi connectivity index (χ4n) is 3.98. The first-order valence-electron chi connectivity index (χ1n) is 11.3. The largest absolute Gasteiger partial charge is 0.391 e. The number of carbonyl (C=O) groups is 1. The molecule has 3 aromatic rings. The van der Waals surface area contributed by atoms with Crippen molar-refractivity contribution in [2.24, 2.45) is 11.3 Å². The lowest BCUT2D eigenvalue weighted by Gasteiger charge is -2.54. The quantitative estimate of drug-likeness (QED) is 0.396. The monoisotopic (exact) mass is 481 g/mol. The van der Waals surface area contributed by atoms with E-state index in [0.29, 0.717) is 18.2 Å². The summed E-state index contributed by atoms with van der Waals surface area (Å²) in [4.78, 5) is 24.1. The van der Waals surface area contributed by atoms with Crippen LogP contribution in [-0.4, -0.2) is 39.3 Å². The van der Waals surface area contributed by atoms with E-state index in [2.05, 4.69) is 84.7 Å². The average molecular weight is 482 g/mol. The second kappa shape index (κ2) is 10.2. The standard InChI is InChI=1S/C25H31N3O3SSi/c1-5-30-27-22(29)21-17-32-24(26-21)28-16-20(25(2,3)4)23(28)31-33(18-12-8-6-9-13-18)19-14-10-7-11-15-19/h6-15,17,20,23,33H,5,16H2,1-4H3,(H,27,29). The van der Waals surface area contributed by atoms with Gasteiger partial charge in [-0.15, -0.1) is 11.3 Å². The zero-order valence-electron chi connectivity index (χ0n) is 19.5. The summed E-state index contributed by atoms with van der Waals surface area (Å²) in [6.45, 7) is 9.85. The third kappa shape index (κ3) is 5.35. The molecule has 0 radical (unpaired) electrons. The van der Waals surface area contributed by atoms with Gasteiger partial charge in [-0.3, -0.25) is 9.63 Å². The van der Waals surface area contributed by atoms with Crippen molar-refractivity contribution in [1.29, 1.82) is 0 Å². The second-order valence-corrected chi connectivity index (χ2v) is 12.4. The summed E-state index contributed by atoms with van der Waals surface area (Å²) in [5.74, 6) is 0.0232. The molecule has 4 rings (SSSR count). The van der Waals surface area contributed by atoms with Crippen LogP contribution in [-0.2, 0) is 9.26 Å². The van der Waals surface area contributed by atoms with Gasteiger partial charge in [-0.2, -0.15) is 0 Å². The van der Waals surface area contributed by atoms with Crippen LogP contribution in [0.15, 0.2) is 66.0 Å². The Hall–Kier alpha value is -2.52. The van der Waals surface area contributed by atoms with Crippen molar-refractivity contribution in [1.82, 2.24) is 10.5 Å². The third-order valence-electron chi connectivity index (χ3n) is 5.92. The second-order valence-electron chi connectivity index (χ2n) is 9.23. The first-order valence-corrected chi connectivity index (χ1v) is 13.8. The Balaban J connectivity index is 1.62. The average Bonchev–Trinajstić information content (AvgIpc) is 3.27. The molecule has 1 saturated heterocycles. The highest BCUT2D eigenvalue weighted by Gasteiger charge is 2.48. The molecule has 2 atom stereocenters. The van der Waals surface area contributed by atoms with E-state index in [0.717, 1.165) is 11.7 Å². The van der Waals surface area contributed by atoms with E-state index in [1.54, 1.807) is 5.38 Å². The number of nitrogens with zero attached hydrogens (tertiary/aromatic N) is 2. The highest BCUT2D eigenvalue weighted by atomic mass is 32.1. The van der Waals surface area contributed by atoms with Gasteiger partial charge in [-0.1, -0.05) is 81.4 Å². The molecule has 1 amide bonds. The van der Waals surface area contributed by atoms with Crippen LogP contribution in [0.2, 0.25) is 0 Å². The molecule has 6 nitrogen and oxygen atoms in total. The fraction of sp³-hybridized carbons (Fsp3) is 0.360. The summed E-state index contributed by atoms with van der Waals surface area (Å²) in [6, 6.07) is 21.0. The SMILES string of the molecule is CCONC(=O)c1csc(N2CC(C(C)(C)C)C2O[SiH](c2ccccc2)c2ccccc2)n1. The number of carbonyl (C=O) groups excluding carboxylic acids is 1. The van der Waals surface area contributed by atoms with Crippen molar-refractivity contribution in [3.8, 4) is 0 Å². The first-order chi connectivity index (χ1) is 15.9. The minimum Gasteiger partial charge on any atom is -0.391 e. The number of hydrogen-bond donors (Lipinski definition) is 1. The summed E-state index contributed by atoms with van der Waals surface area (Å²) in [5.41, 5.74) is 2.86. The summed E-state index contributed by atoms with van der Waals surface area (Å²) < 4.78 is 7.01. The predicted octanol–water partition coefficient (Wildman–Crippen LogP) is 3.19. The van der Waals surface area contributed by atoms with Gasteiger partial charge in [-0.25, -0.2) is 10.5 Å². The predicted molar refractivity (Wildman–Crippen MR) is 136 cm³/mol. The van der Waals surface area contributed by atoms with E-state index in [1.165, 1.54) is 21.7 Å². The molecular weight excluding hydrogens is 450 g/mol. The van der Waals surface area contributed by atoms with Crippen molar-refractivity contribution in [3.05, 3.63) is 71.7 Å². The number of anilines is 1. The number of rotatable bonds is 8. The summed E-state index contributed by atoms with van der Waals surface area (Å²) >= 11 is 1.46. The molecule has 1 N–H and O–H groups in total. The molecule has 33 heavy (non-hydrogen) atoms. The topological polar surface area (TPSA) is 63.7 Å². The van der Waals surface area contributed by atoms with Gasteiger partial charge in [0.1, 0.15) is 11.9 Å². The first kappa shape index (κ1) is 23.6. The number of hydrogen-bond acceptors (Lipinski definition) is 6. The number of hydroxylamine groups is 1. The van der Waals surface area contributed by atoms with Gasteiger partial charge in [-0.05, 0) is 22.7 Å². The molecule has 8 heteroatoms. The maximum atomic E-state index is 12.3. The van der Waals surface area contributed by atoms with Crippen LogP contribution in [0.3, 0.4) is 0 Å². The Labute approximate surface area is 201 Å². The van der Waals surface area contributed by atoms with Crippen LogP contribution in [0.25, 0.3) is 0 Å². The summed E-state index contributed by atoms with van der Waals surface area (Å²) in [5, 5.41) is 5.07. The molecule has 0 bridgehead atoms. The van der Waals surface area contributed by atoms with Crippen LogP contribution >= 0.6 is 11.3 Å². The minimum atomic E-state index is -1.94. The smallest absolute Gasteiger partial charge is 0.294 e. The van der Waals surface area contributed by atoms with E-state index < -0.39 is 9.04 Å². The molecule has 1 fully saturated rings. The van der Waals surface area contributed by atoms with Gasteiger partial charge >= 0.3 is 0 Å². The maximum Gasteiger partial charge on any atom is 0.294 e. The Morgan fingerprint density at radius 3 is 2.27 bits per heavy atom. The zero-order chi connectivity index (χ0) is 23.4. The third-order valence-corrected chi connectivity index (χ3v) is 9.33. The van der Waals surface area contributed by atoms with Crippen LogP contribution in [0.1, 0.15) is 38.2 Å². The molecular formula is C25H31N3O3SSi. The Kier molecular flexibility index (Phi) is 7.28. The molecule has 2 aromatic carbocycles. The van der Waals surface area contributed by atoms with Crippen molar-refractivity contribution in [2.75, 3.05) is 18.1 Å². The van der Waals surface area contributed by atoms with E-state index in [-0.39, 0.29) is 17.6 Å². The number of aromatic nitrogens is 1. The van der Waals surface area contributed by atoms with Gasteiger partial charge in [0.05, 0.1) is 6.61 Å². The zero-order valence-corrected chi connectivity index (χ0v) is 21.5. The number of thiazole rings is 1. The Morgan fingerprint density at radius 2 is 1.73 bits per heavy atom. The van der Waals surface area contributed by atoms with Crippen LogP contribution in [0.5, 0.6) is 0 Å². The van der Waals surface area contributed by atoms with E-state index in [4.69, 9.17) is 9.26 Å². The number of benzene rings is 2. The number of amides is 1. The lowest BCUT2D eigenvalue weighted by atomic mass is 9.74. The molecule has 174 valence electrons. The highest BCUT2D eigenvalue weighted by molar-refractivity contribution is 7.14. The van der Waals surface area contributed by atoms with Gasteiger partial charge < -0.3 is 9.33 Å². The molecule has 0 aliphatic carbocycles. The minimum absolute atomic E-state index is 0.0833. The van der Waals surface area contributed by atoms with E-state index >= 15 is 0 Å². The Morgan fingerprint density at radius 1 is 1.12 bits per heavy atom. The van der Waals surface area contributed by atoms with Gasteiger partial charge in [0, 0.05) is 17.8 Å². The van der Waals surface area contributed by atoms with Crippen LogP contribution < -0.4 is 20.8 Å². The van der Waals surface area contributed by atoms with E-state index in [1.807, 2.05) is 19.1 Å². The Bertz CT molecular complexity index is 1020. The molecule has 2 heterocycles. The van der Waals surface area contributed by atoms with Crippen LogP contribution in [0.4, 0.5) is 5.13 Å². The van der Waals surface area contributed by atoms with Crippen molar-refractivity contribution in [3.63, 3.8) is 0 Å². The highest BCUT2D eigenvalue weighted by Crippen LogP contribution is 2.43. The summed E-state index contributed by atoms with van der Waals surface area (Å²) in [7, 11) is -1.94. The lowest BCUT2D eigenvalue weighted by Crippen LogP contribution is -2.65. The number of nitrogens with one attached hydrogen (secondary N) is 1.